The Morgan fingerprint density at radius 2 is 1.91 bits per heavy atom. The molecule has 120 valence electrons. The molecule has 0 spiro atoms. The predicted molar refractivity (Wildman–Crippen MR) is 90.0 cm³/mol. The molecule has 0 saturated carbocycles. The van der Waals surface area contributed by atoms with Crippen molar-refractivity contribution in [2.75, 3.05) is 5.32 Å². The molecule has 0 fully saturated rings. The minimum absolute atomic E-state index is 0.490. The minimum Gasteiger partial charge on any atom is -0.444 e. The summed E-state index contributed by atoms with van der Waals surface area (Å²) in [6, 6.07) is 9.10. The molecule has 1 aromatic heterocycles. The van der Waals surface area contributed by atoms with Crippen LogP contribution in [0.1, 0.15) is 31.1 Å². The average Bonchev–Trinajstić information content (AvgIpc) is 2.48. The highest BCUT2D eigenvalue weighted by Gasteiger charge is 2.16. The summed E-state index contributed by atoms with van der Waals surface area (Å²) in [6.45, 7) is 5.43. The summed E-state index contributed by atoms with van der Waals surface area (Å²) < 4.78 is 5.20. The van der Waals surface area contributed by atoms with Crippen molar-refractivity contribution < 1.29 is 14.3 Å². The van der Waals surface area contributed by atoms with E-state index >= 15 is 0 Å². The molecule has 0 aliphatic carbocycles. The highest BCUT2D eigenvalue weighted by molar-refractivity contribution is 7.99. The van der Waals surface area contributed by atoms with E-state index in [2.05, 4.69) is 10.3 Å². The number of aromatic nitrogens is 1. The van der Waals surface area contributed by atoms with Crippen molar-refractivity contribution >= 4 is 29.8 Å². The van der Waals surface area contributed by atoms with Gasteiger partial charge in [-0.3, -0.25) is 15.1 Å². The van der Waals surface area contributed by atoms with Gasteiger partial charge in [-0.25, -0.2) is 4.79 Å². The van der Waals surface area contributed by atoms with Gasteiger partial charge in [0.2, 0.25) is 0 Å². The van der Waals surface area contributed by atoms with Gasteiger partial charge in [0.05, 0.1) is 0 Å². The normalized spacial score (nSPS) is 10.9. The fourth-order valence-electron chi connectivity index (χ4n) is 1.73. The lowest BCUT2D eigenvalue weighted by atomic mass is 10.2. The smallest absolute Gasteiger partial charge is 0.412 e. The Morgan fingerprint density at radius 1 is 1.22 bits per heavy atom. The number of carbonyl (C=O) groups excluding carboxylic acids is 2. The van der Waals surface area contributed by atoms with Crippen LogP contribution in [-0.2, 0) is 4.74 Å². The van der Waals surface area contributed by atoms with Gasteiger partial charge in [0.1, 0.15) is 5.60 Å². The molecule has 0 aliphatic rings. The highest BCUT2D eigenvalue weighted by Crippen LogP contribution is 2.30. The van der Waals surface area contributed by atoms with Crippen molar-refractivity contribution in [3.8, 4) is 0 Å². The first-order valence-electron chi connectivity index (χ1n) is 7.04. The number of aldehydes is 1. The lowest BCUT2D eigenvalue weighted by Gasteiger charge is -2.19. The lowest BCUT2D eigenvalue weighted by molar-refractivity contribution is 0.0636. The quantitative estimate of drug-likeness (QED) is 0.842. The van der Waals surface area contributed by atoms with Crippen LogP contribution in [0, 0.1) is 0 Å². The zero-order valence-electron chi connectivity index (χ0n) is 13.2. The fraction of sp³-hybridized carbons (Fsp3) is 0.235. The van der Waals surface area contributed by atoms with Gasteiger partial charge in [0, 0.05) is 33.4 Å². The van der Waals surface area contributed by atoms with Crippen LogP contribution in [0.2, 0.25) is 0 Å². The largest absolute Gasteiger partial charge is 0.444 e. The zero-order chi connectivity index (χ0) is 16.9. The Kier molecular flexibility index (Phi) is 5.39. The van der Waals surface area contributed by atoms with Gasteiger partial charge in [0.15, 0.2) is 6.29 Å². The molecule has 1 amide bonds. The number of hydrogen-bond donors (Lipinski definition) is 1. The molecule has 1 heterocycles. The van der Waals surface area contributed by atoms with Gasteiger partial charge in [0.25, 0.3) is 0 Å². The third-order valence-electron chi connectivity index (χ3n) is 2.66. The first-order valence-corrected chi connectivity index (χ1v) is 7.86. The van der Waals surface area contributed by atoms with E-state index < -0.39 is 11.7 Å². The number of nitrogens with one attached hydrogen (secondary N) is 1. The number of ether oxygens (including phenoxy) is 1. The third-order valence-corrected chi connectivity index (χ3v) is 3.76. The fourth-order valence-corrected chi connectivity index (χ4v) is 2.60. The van der Waals surface area contributed by atoms with E-state index in [0.29, 0.717) is 11.3 Å². The minimum atomic E-state index is -0.535. The second kappa shape index (κ2) is 7.28. The molecule has 5 nitrogen and oxygen atoms in total. The number of benzene rings is 1. The van der Waals surface area contributed by atoms with E-state index in [1.54, 1.807) is 24.4 Å². The molecule has 0 bridgehead atoms. The van der Waals surface area contributed by atoms with Gasteiger partial charge in [-0.1, -0.05) is 11.8 Å². The molecule has 2 aromatic rings. The summed E-state index contributed by atoms with van der Waals surface area (Å²) in [5.41, 5.74) is 0.661. The maximum absolute atomic E-state index is 11.7. The second-order valence-corrected chi connectivity index (χ2v) is 6.90. The molecular formula is C17H18N2O3S. The molecule has 0 saturated heterocycles. The van der Waals surface area contributed by atoms with Crippen molar-refractivity contribution in [2.45, 2.75) is 36.2 Å². The van der Waals surface area contributed by atoms with Gasteiger partial charge >= 0.3 is 6.09 Å². The molecule has 2 rings (SSSR count). The summed E-state index contributed by atoms with van der Waals surface area (Å²) in [5, 5.41) is 2.68. The maximum atomic E-state index is 11.7. The van der Waals surface area contributed by atoms with Crippen LogP contribution in [0.5, 0.6) is 0 Å². The number of amides is 1. The summed E-state index contributed by atoms with van der Waals surface area (Å²) in [4.78, 5) is 28.4. The monoisotopic (exact) mass is 330 g/mol. The van der Waals surface area contributed by atoms with E-state index in [4.69, 9.17) is 4.74 Å². The molecule has 0 unspecified atom stereocenters. The van der Waals surface area contributed by atoms with Gasteiger partial charge in [-0.05, 0) is 51.1 Å². The number of rotatable bonds is 4. The third kappa shape index (κ3) is 5.41. The van der Waals surface area contributed by atoms with Crippen LogP contribution < -0.4 is 5.32 Å². The molecule has 0 atom stereocenters. The van der Waals surface area contributed by atoms with Crippen LogP contribution in [0.25, 0.3) is 0 Å². The van der Waals surface area contributed by atoms with Crippen LogP contribution in [0.4, 0.5) is 10.5 Å². The van der Waals surface area contributed by atoms with Crippen molar-refractivity contribution in [2.24, 2.45) is 0 Å². The van der Waals surface area contributed by atoms with Crippen LogP contribution in [0.3, 0.4) is 0 Å². The standard InChI is InChI=1S/C17H18N2O3S/c1-17(2,3)22-16(21)19-13-4-6-14(7-5-13)23-15-8-9-18-10-12(15)11-20/h4-11H,1-3H3,(H,19,21). The lowest BCUT2D eigenvalue weighted by Crippen LogP contribution is -2.27. The van der Waals surface area contributed by atoms with Gasteiger partial charge in [-0.15, -0.1) is 0 Å². The molecule has 23 heavy (non-hydrogen) atoms. The van der Waals surface area contributed by atoms with E-state index in [1.807, 2.05) is 32.9 Å². The average molecular weight is 330 g/mol. The first kappa shape index (κ1) is 17.0. The second-order valence-electron chi connectivity index (χ2n) is 5.78. The Hall–Kier alpha value is -2.34. The Morgan fingerprint density at radius 3 is 2.52 bits per heavy atom. The number of nitrogens with zero attached hydrogens (tertiary/aromatic N) is 1. The molecule has 6 heteroatoms. The maximum Gasteiger partial charge on any atom is 0.412 e. The Balaban J connectivity index is 2.02. The Labute approximate surface area is 139 Å². The van der Waals surface area contributed by atoms with Gasteiger partial charge in [-0.2, -0.15) is 0 Å². The predicted octanol–water partition coefficient (Wildman–Crippen LogP) is 4.39. The van der Waals surface area contributed by atoms with Gasteiger partial charge < -0.3 is 4.74 Å². The molecule has 1 N–H and O–H groups in total. The SMILES string of the molecule is CC(C)(C)OC(=O)Nc1ccc(Sc2ccncc2C=O)cc1. The number of hydrogen-bond acceptors (Lipinski definition) is 5. The summed E-state index contributed by atoms with van der Waals surface area (Å²) in [7, 11) is 0. The van der Waals surface area contributed by atoms with E-state index in [9.17, 15) is 9.59 Å². The first-order chi connectivity index (χ1) is 10.9. The van der Waals surface area contributed by atoms with E-state index in [-0.39, 0.29) is 0 Å². The summed E-state index contributed by atoms with van der Waals surface area (Å²) >= 11 is 1.46. The molecule has 0 aliphatic heterocycles. The van der Waals surface area contributed by atoms with E-state index in [0.717, 1.165) is 16.1 Å². The zero-order valence-corrected chi connectivity index (χ0v) is 14.0. The summed E-state index contributed by atoms with van der Waals surface area (Å²) in [6.07, 6.45) is 3.48. The number of pyridine rings is 1. The highest BCUT2D eigenvalue weighted by atomic mass is 32.2. The van der Waals surface area contributed by atoms with E-state index in [1.165, 1.54) is 18.0 Å². The Bertz CT molecular complexity index is 694. The van der Waals surface area contributed by atoms with Crippen molar-refractivity contribution in [3.63, 3.8) is 0 Å². The van der Waals surface area contributed by atoms with Crippen molar-refractivity contribution in [1.29, 1.82) is 0 Å². The molecule has 1 aromatic carbocycles. The van der Waals surface area contributed by atoms with Crippen LogP contribution in [0.15, 0.2) is 52.5 Å². The van der Waals surface area contributed by atoms with Crippen molar-refractivity contribution in [1.82, 2.24) is 4.98 Å². The topological polar surface area (TPSA) is 68.3 Å². The number of anilines is 1. The number of carbonyl (C=O) groups is 2. The summed E-state index contributed by atoms with van der Waals surface area (Å²) in [5.74, 6) is 0. The van der Waals surface area contributed by atoms with Crippen molar-refractivity contribution in [3.05, 3.63) is 48.3 Å². The molecular weight excluding hydrogens is 312 g/mol. The van der Waals surface area contributed by atoms with Crippen LogP contribution >= 0.6 is 11.8 Å². The van der Waals surface area contributed by atoms with Crippen LogP contribution in [-0.4, -0.2) is 23.0 Å². The molecule has 0 radical (unpaired) electrons.